The smallest absolute Gasteiger partial charge is 0.290 e. The van der Waals surface area contributed by atoms with Crippen LogP contribution in [0.3, 0.4) is 0 Å². The normalized spacial score (nSPS) is 18.2. The van der Waals surface area contributed by atoms with Crippen molar-refractivity contribution in [1.82, 2.24) is 9.36 Å². The SMILES string of the molecule is CCn1c(C(C)(C)C)c(N)c(=O)n1C1CCCCCC1. The highest BCUT2D eigenvalue weighted by Gasteiger charge is 2.29. The highest BCUT2D eigenvalue weighted by Crippen LogP contribution is 2.31. The third-order valence-electron chi connectivity index (χ3n) is 4.39. The maximum absolute atomic E-state index is 12.6. The van der Waals surface area contributed by atoms with Gasteiger partial charge in [0.25, 0.3) is 5.56 Å². The van der Waals surface area contributed by atoms with Gasteiger partial charge < -0.3 is 5.73 Å². The highest BCUT2D eigenvalue weighted by molar-refractivity contribution is 5.45. The van der Waals surface area contributed by atoms with E-state index in [1.54, 1.807) is 0 Å². The molecule has 2 rings (SSSR count). The minimum absolute atomic E-state index is 0.0173. The number of nitrogen functional groups attached to an aromatic ring is 1. The largest absolute Gasteiger partial charge is 0.393 e. The fraction of sp³-hybridized carbons (Fsp3) is 0.812. The van der Waals surface area contributed by atoms with Crippen LogP contribution in [0.5, 0.6) is 0 Å². The molecule has 0 bridgehead atoms. The van der Waals surface area contributed by atoms with Crippen LogP contribution in [0, 0.1) is 0 Å². The summed E-state index contributed by atoms with van der Waals surface area (Å²) >= 11 is 0. The average molecular weight is 279 g/mol. The Morgan fingerprint density at radius 1 is 1.15 bits per heavy atom. The Hall–Kier alpha value is -1.19. The highest BCUT2D eigenvalue weighted by atomic mass is 16.1. The second-order valence-corrected chi connectivity index (χ2v) is 7.02. The summed E-state index contributed by atoms with van der Waals surface area (Å²) in [6.45, 7) is 9.28. The van der Waals surface area contributed by atoms with E-state index in [1.165, 1.54) is 25.7 Å². The molecule has 1 aliphatic rings. The molecule has 2 N–H and O–H groups in total. The zero-order chi connectivity index (χ0) is 14.9. The average Bonchev–Trinajstić information content (AvgIpc) is 2.58. The molecule has 114 valence electrons. The van der Waals surface area contributed by atoms with Gasteiger partial charge in [-0.05, 0) is 19.8 Å². The quantitative estimate of drug-likeness (QED) is 0.843. The lowest BCUT2D eigenvalue weighted by atomic mass is 9.91. The van der Waals surface area contributed by atoms with Gasteiger partial charge in [0, 0.05) is 12.0 Å². The predicted octanol–water partition coefficient (Wildman–Crippen LogP) is 3.44. The lowest BCUT2D eigenvalue weighted by Gasteiger charge is -2.25. The van der Waals surface area contributed by atoms with Crippen molar-refractivity contribution < 1.29 is 0 Å². The Morgan fingerprint density at radius 2 is 1.70 bits per heavy atom. The molecule has 1 heterocycles. The number of hydrogen-bond donors (Lipinski definition) is 1. The van der Waals surface area contributed by atoms with E-state index in [0.29, 0.717) is 11.7 Å². The van der Waals surface area contributed by atoms with E-state index >= 15 is 0 Å². The number of rotatable bonds is 2. The Bertz CT molecular complexity index is 511. The van der Waals surface area contributed by atoms with Gasteiger partial charge in [-0.1, -0.05) is 46.5 Å². The third-order valence-corrected chi connectivity index (χ3v) is 4.39. The molecule has 1 aromatic heterocycles. The second kappa shape index (κ2) is 5.66. The molecule has 1 aliphatic carbocycles. The molecular formula is C16H29N3O. The van der Waals surface area contributed by atoms with Crippen LogP contribution in [0.15, 0.2) is 4.79 Å². The summed E-state index contributed by atoms with van der Waals surface area (Å²) in [6, 6.07) is 0.323. The molecule has 20 heavy (non-hydrogen) atoms. The van der Waals surface area contributed by atoms with E-state index in [1.807, 2.05) is 4.68 Å². The molecule has 0 aromatic carbocycles. The maximum atomic E-state index is 12.6. The number of hydrogen-bond acceptors (Lipinski definition) is 2. The van der Waals surface area contributed by atoms with Crippen molar-refractivity contribution in [1.29, 1.82) is 0 Å². The van der Waals surface area contributed by atoms with E-state index in [2.05, 4.69) is 32.4 Å². The van der Waals surface area contributed by atoms with Crippen molar-refractivity contribution >= 4 is 5.69 Å². The summed E-state index contributed by atoms with van der Waals surface area (Å²) in [4.78, 5) is 12.6. The van der Waals surface area contributed by atoms with E-state index < -0.39 is 0 Å². The van der Waals surface area contributed by atoms with Crippen molar-refractivity contribution in [3.05, 3.63) is 16.0 Å². The van der Waals surface area contributed by atoms with Crippen LogP contribution in [0.2, 0.25) is 0 Å². The summed E-state index contributed by atoms with van der Waals surface area (Å²) in [5.41, 5.74) is 7.52. The van der Waals surface area contributed by atoms with Crippen molar-refractivity contribution in [3.63, 3.8) is 0 Å². The lowest BCUT2D eigenvalue weighted by molar-refractivity contribution is 0.319. The molecule has 1 fully saturated rings. The van der Waals surface area contributed by atoms with Crippen LogP contribution >= 0.6 is 0 Å². The predicted molar refractivity (Wildman–Crippen MR) is 84.2 cm³/mol. The number of aromatic nitrogens is 2. The van der Waals surface area contributed by atoms with Gasteiger partial charge in [0.1, 0.15) is 5.69 Å². The Kier molecular flexibility index (Phi) is 4.31. The molecule has 0 atom stereocenters. The monoisotopic (exact) mass is 279 g/mol. The summed E-state index contributed by atoms with van der Waals surface area (Å²) in [5, 5.41) is 0. The number of nitrogens with two attached hydrogens (primary N) is 1. The maximum Gasteiger partial charge on any atom is 0.290 e. The van der Waals surface area contributed by atoms with Crippen molar-refractivity contribution in [3.8, 4) is 0 Å². The van der Waals surface area contributed by atoms with Gasteiger partial charge in [0.15, 0.2) is 0 Å². The number of nitrogens with zero attached hydrogens (tertiary/aromatic N) is 2. The first-order valence-corrected chi connectivity index (χ1v) is 7.99. The Labute approximate surface area is 121 Å². The first-order chi connectivity index (χ1) is 9.38. The second-order valence-electron chi connectivity index (χ2n) is 7.02. The topological polar surface area (TPSA) is 52.9 Å². The van der Waals surface area contributed by atoms with Crippen LogP contribution in [0.4, 0.5) is 5.69 Å². The van der Waals surface area contributed by atoms with Crippen LogP contribution < -0.4 is 11.3 Å². The number of anilines is 1. The summed E-state index contributed by atoms with van der Waals surface area (Å²) in [6.07, 6.45) is 7.23. The molecule has 4 heteroatoms. The van der Waals surface area contributed by atoms with Crippen molar-refractivity contribution in [2.45, 2.75) is 84.2 Å². The first kappa shape index (κ1) is 15.2. The first-order valence-electron chi connectivity index (χ1n) is 7.99. The molecule has 4 nitrogen and oxygen atoms in total. The fourth-order valence-corrected chi connectivity index (χ4v) is 3.55. The van der Waals surface area contributed by atoms with E-state index in [-0.39, 0.29) is 11.0 Å². The van der Waals surface area contributed by atoms with Gasteiger partial charge in [-0.15, -0.1) is 0 Å². The summed E-state index contributed by atoms with van der Waals surface area (Å²) in [5.74, 6) is 0. The molecule has 0 unspecified atom stereocenters. The van der Waals surface area contributed by atoms with Gasteiger partial charge >= 0.3 is 0 Å². The van der Waals surface area contributed by atoms with Gasteiger partial charge in [-0.2, -0.15) is 0 Å². The molecule has 0 amide bonds. The molecule has 0 radical (unpaired) electrons. The van der Waals surface area contributed by atoms with Gasteiger partial charge in [0.05, 0.1) is 11.7 Å². The zero-order valence-electron chi connectivity index (χ0n) is 13.4. The van der Waals surface area contributed by atoms with Crippen molar-refractivity contribution in [2.75, 3.05) is 5.73 Å². The molecule has 1 aromatic rings. The fourth-order valence-electron chi connectivity index (χ4n) is 3.55. The molecule has 0 aliphatic heterocycles. The minimum atomic E-state index is -0.102. The van der Waals surface area contributed by atoms with E-state index in [0.717, 1.165) is 25.1 Å². The van der Waals surface area contributed by atoms with Crippen LogP contribution in [-0.4, -0.2) is 9.36 Å². The Balaban J connectivity index is 2.55. The van der Waals surface area contributed by atoms with Crippen LogP contribution in [0.25, 0.3) is 0 Å². The minimum Gasteiger partial charge on any atom is -0.393 e. The van der Waals surface area contributed by atoms with Gasteiger partial charge in [-0.3, -0.25) is 9.48 Å². The molecule has 0 saturated heterocycles. The van der Waals surface area contributed by atoms with Gasteiger partial charge in [-0.25, -0.2) is 4.68 Å². The summed E-state index contributed by atoms with van der Waals surface area (Å²) < 4.78 is 4.09. The third kappa shape index (κ3) is 2.65. The summed E-state index contributed by atoms with van der Waals surface area (Å²) in [7, 11) is 0. The van der Waals surface area contributed by atoms with E-state index in [4.69, 9.17) is 5.73 Å². The molecular weight excluding hydrogens is 250 g/mol. The molecule has 1 saturated carbocycles. The van der Waals surface area contributed by atoms with Crippen LogP contribution in [-0.2, 0) is 12.0 Å². The molecule has 0 spiro atoms. The van der Waals surface area contributed by atoms with Crippen LogP contribution in [0.1, 0.15) is 78.0 Å². The standard InChI is InChI=1S/C16H29N3O/c1-5-18-14(16(2,3)4)13(17)15(20)19(18)12-10-8-6-7-9-11-12/h12H,5-11,17H2,1-4H3. The van der Waals surface area contributed by atoms with Gasteiger partial charge in [0.2, 0.25) is 0 Å². The van der Waals surface area contributed by atoms with Crippen molar-refractivity contribution in [2.24, 2.45) is 0 Å². The Morgan fingerprint density at radius 3 is 2.15 bits per heavy atom. The lowest BCUT2D eigenvalue weighted by Crippen LogP contribution is -2.29. The van der Waals surface area contributed by atoms with E-state index in [9.17, 15) is 4.79 Å². The zero-order valence-corrected chi connectivity index (χ0v) is 13.4.